The van der Waals surface area contributed by atoms with Gasteiger partial charge in [-0.25, -0.2) is 9.97 Å². The van der Waals surface area contributed by atoms with Gasteiger partial charge in [-0.1, -0.05) is 42.1 Å². The average molecular weight is 327 g/mol. The first kappa shape index (κ1) is 16.3. The van der Waals surface area contributed by atoms with E-state index >= 15 is 0 Å². The summed E-state index contributed by atoms with van der Waals surface area (Å²) in [6.07, 6.45) is -4.65. The van der Waals surface area contributed by atoms with Crippen LogP contribution in [0.4, 0.5) is 13.2 Å². The van der Waals surface area contributed by atoms with Gasteiger partial charge in [-0.3, -0.25) is 0 Å². The number of nitrogens with zero attached hydrogens (tertiary/aromatic N) is 2. The molecule has 2 aromatic rings. The maximum absolute atomic E-state index is 12.9. The summed E-state index contributed by atoms with van der Waals surface area (Å²) < 4.78 is 38.8. The maximum Gasteiger partial charge on any atom is 0.433 e. The van der Waals surface area contributed by atoms with Crippen LogP contribution in [0.25, 0.3) is 11.3 Å². The zero-order valence-electron chi connectivity index (χ0n) is 11.3. The zero-order chi connectivity index (χ0) is 16.3. The number of carboxylic acids is 1. The molecule has 0 aliphatic rings. The smallest absolute Gasteiger partial charge is 0.433 e. The van der Waals surface area contributed by atoms with Crippen LogP contribution in [0.2, 0.25) is 0 Å². The van der Waals surface area contributed by atoms with E-state index in [9.17, 15) is 23.1 Å². The molecule has 2 rings (SSSR count). The Morgan fingerprint density at radius 2 is 1.86 bits per heavy atom. The van der Waals surface area contributed by atoms with Crippen molar-refractivity contribution in [1.29, 1.82) is 0 Å². The summed E-state index contributed by atoms with van der Waals surface area (Å²) in [4.78, 5) is 18.1. The van der Waals surface area contributed by atoms with Gasteiger partial charge < -0.3 is 9.90 Å². The number of benzene rings is 1. The van der Waals surface area contributed by atoms with Crippen LogP contribution >= 0.6 is 11.8 Å². The van der Waals surface area contributed by atoms with E-state index in [4.69, 9.17) is 0 Å². The van der Waals surface area contributed by atoms with Crippen molar-refractivity contribution in [2.45, 2.75) is 23.5 Å². The molecule has 0 bridgehead atoms. The number of rotatable bonds is 4. The summed E-state index contributed by atoms with van der Waals surface area (Å²) in [6.45, 7) is 1.30. The van der Waals surface area contributed by atoms with Crippen LogP contribution in [-0.2, 0) is 11.0 Å². The summed E-state index contributed by atoms with van der Waals surface area (Å²) in [7, 11) is 0. The lowest BCUT2D eigenvalue weighted by molar-refractivity contribution is -0.304. The fourth-order valence-corrected chi connectivity index (χ4v) is 2.30. The van der Waals surface area contributed by atoms with Crippen LogP contribution in [0.1, 0.15) is 12.6 Å². The summed E-state index contributed by atoms with van der Waals surface area (Å²) in [6, 6.07) is 9.12. The second-order valence-electron chi connectivity index (χ2n) is 4.36. The number of aromatic nitrogens is 2. The molecule has 22 heavy (non-hydrogen) atoms. The van der Waals surface area contributed by atoms with Crippen molar-refractivity contribution < 1.29 is 23.1 Å². The highest BCUT2D eigenvalue weighted by molar-refractivity contribution is 8.00. The number of thioether (sulfide) groups is 1. The van der Waals surface area contributed by atoms with E-state index in [0.717, 1.165) is 6.07 Å². The third-order valence-corrected chi connectivity index (χ3v) is 3.62. The van der Waals surface area contributed by atoms with Gasteiger partial charge >= 0.3 is 6.18 Å². The van der Waals surface area contributed by atoms with Gasteiger partial charge in [0.2, 0.25) is 0 Å². The van der Waals surface area contributed by atoms with E-state index in [2.05, 4.69) is 9.97 Å². The predicted octanol–water partition coefficient (Wildman–Crippen LogP) is 2.39. The van der Waals surface area contributed by atoms with Gasteiger partial charge in [-0.05, 0) is 13.0 Å². The van der Waals surface area contributed by atoms with Crippen LogP contribution in [0.3, 0.4) is 0 Å². The van der Waals surface area contributed by atoms with Crippen molar-refractivity contribution in [3.63, 3.8) is 0 Å². The Hall–Kier alpha value is -2.09. The Bertz CT molecular complexity index is 678. The fourth-order valence-electron chi connectivity index (χ4n) is 1.59. The highest BCUT2D eigenvalue weighted by Crippen LogP contribution is 2.32. The number of alkyl halides is 3. The third kappa shape index (κ3) is 3.97. The first-order valence-corrected chi connectivity index (χ1v) is 7.04. The second kappa shape index (κ2) is 6.35. The van der Waals surface area contributed by atoms with Crippen LogP contribution in [0.5, 0.6) is 0 Å². The minimum Gasteiger partial charge on any atom is -0.549 e. The Kier molecular flexibility index (Phi) is 4.70. The number of hydrogen-bond donors (Lipinski definition) is 0. The van der Waals surface area contributed by atoms with E-state index in [-0.39, 0.29) is 10.9 Å². The normalized spacial score (nSPS) is 12.9. The van der Waals surface area contributed by atoms with E-state index in [1.54, 1.807) is 30.3 Å². The predicted molar refractivity (Wildman–Crippen MR) is 72.8 cm³/mol. The monoisotopic (exact) mass is 327 g/mol. The van der Waals surface area contributed by atoms with Gasteiger partial charge in [0.05, 0.1) is 11.7 Å². The molecule has 0 radical (unpaired) electrons. The molecule has 116 valence electrons. The largest absolute Gasteiger partial charge is 0.549 e. The first-order valence-electron chi connectivity index (χ1n) is 6.16. The number of carbonyl (C=O) groups is 1. The summed E-state index contributed by atoms with van der Waals surface area (Å²) in [5.74, 6) is -1.40. The van der Waals surface area contributed by atoms with Gasteiger partial charge in [0.1, 0.15) is 5.69 Å². The molecule has 4 nitrogen and oxygen atoms in total. The second-order valence-corrected chi connectivity index (χ2v) is 5.67. The van der Waals surface area contributed by atoms with Gasteiger partial charge in [-0.15, -0.1) is 0 Å². The topological polar surface area (TPSA) is 65.9 Å². The molecule has 0 aliphatic heterocycles. The Morgan fingerprint density at radius 1 is 1.23 bits per heavy atom. The van der Waals surface area contributed by atoms with E-state index in [0.29, 0.717) is 17.3 Å². The number of carbonyl (C=O) groups excluding carboxylic acids is 1. The van der Waals surface area contributed by atoms with E-state index in [1.807, 2.05) is 0 Å². The van der Waals surface area contributed by atoms with Gasteiger partial charge in [0.25, 0.3) is 0 Å². The van der Waals surface area contributed by atoms with Gasteiger partial charge in [0.15, 0.2) is 5.16 Å². The van der Waals surface area contributed by atoms with Crippen LogP contribution in [-0.4, -0.2) is 21.2 Å². The summed E-state index contributed by atoms with van der Waals surface area (Å²) >= 11 is 0.607. The van der Waals surface area contributed by atoms with Crippen molar-refractivity contribution in [1.82, 2.24) is 9.97 Å². The molecular formula is C14H10F3N2O2S-. The Morgan fingerprint density at radius 3 is 2.41 bits per heavy atom. The van der Waals surface area contributed by atoms with Crippen LogP contribution in [0.15, 0.2) is 41.6 Å². The van der Waals surface area contributed by atoms with Gasteiger partial charge in [-0.2, -0.15) is 13.2 Å². The molecule has 0 fully saturated rings. The lowest BCUT2D eigenvalue weighted by Crippen LogP contribution is -2.31. The lowest BCUT2D eigenvalue weighted by atomic mass is 10.1. The molecule has 0 amide bonds. The number of carboxylic acid groups (broad SMARTS) is 1. The van der Waals surface area contributed by atoms with Crippen molar-refractivity contribution in [2.24, 2.45) is 0 Å². The molecule has 8 heteroatoms. The number of halogens is 3. The SMILES string of the molecule is CC(Sc1nc(-c2ccccc2)cc(C(F)(F)F)n1)C(=O)[O-]. The molecule has 0 spiro atoms. The van der Waals surface area contributed by atoms with Crippen molar-refractivity contribution in [3.05, 3.63) is 42.1 Å². The zero-order valence-corrected chi connectivity index (χ0v) is 12.1. The Labute approximate surface area is 128 Å². The standard InChI is InChI=1S/C14H11F3N2O2S/c1-8(12(20)21)22-13-18-10(9-5-3-2-4-6-9)7-11(19-13)14(15,16)17/h2-8H,1H3,(H,20,21)/p-1. The maximum atomic E-state index is 12.9. The molecule has 0 saturated carbocycles. The van der Waals surface area contributed by atoms with E-state index in [1.165, 1.54) is 6.92 Å². The fraction of sp³-hybridized carbons (Fsp3) is 0.214. The van der Waals surface area contributed by atoms with Crippen molar-refractivity contribution >= 4 is 17.7 Å². The lowest BCUT2D eigenvalue weighted by Gasteiger charge is -2.14. The summed E-state index contributed by atoms with van der Waals surface area (Å²) in [5, 5.41) is 9.41. The third-order valence-electron chi connectivity index (χ3n) is 2.68. The molecule has 1 aromatic carbocycles. The highest BCUT2D eigenvalue weighted by atomic mass is 32.2. The van der Waals surface area contributed by atoms with Crippen LogP contribution < -0.4 is 5.11 Å². The molecule has 0 N–H and O–H groups in total. The van der Waals surface area contributed by atoms with E-state index < -0.39 is 23.1 Å². The molecule has 1 heterocycles. The number of aliphatic carboxylic acids is 1. The minimum absolute atomic E-state index is 0.0796. The quantitative estimate of drug-likeness (QED) is 0.637. The molecule has 0 aliphatic carbocycles. The van der Waals surface area contributed by atoms with Crippen LogP contribution in [0, 0.1) is 0 Å². The summed E-state index contributed by atoms with van der Waals surface area (Å²) in [5.41, 5.74) is -0.552. The molecule has 1 aromatic heterocycles. The molecular weight excluding hydrogens is 317 g/mol. The average Bonchev–Trinajstić information content (AvgIpc) is 2.46. The van der Waals surface area contributed by atoms with Crippen molar-refractivity contribution in [2.75, 3.05) is 0 Å². The number of hydrogen-bond acceptors (Lipinski definition) is 5. The molecule has 1 unspecified atom stereocenters. The van der Waals surface area contributed by atoms with Gasteiger partial charge in [0, 0.05) is 10.8 Å². The molecule has 0 saturated heterocycles. The van der Waals surface area contributed by atoms with Crippen molar-refractivity contribution in [3.8, 4) is 11.3 Å². The minimum atomic E-state index is -4.65. The first-order chi connectivity index (χ1) is 10.3. The highest BCUT2D eigenvalue weighted by Gasteiger charge is 2.34. The Balaban J connectivity index is 2.48. The molecule has 1 atom stereocenters.